The Hall–Kier alpha value is -2.35. The van der Waals surface area contributed by atoms with E-state index >= 15 is 0 Å². The van der Waals surface area contributed by atoms with E-state index in [0.29, 0.717) is 30.8 Å². The minimum Gasteiger partial charge on any atom is -0.490 e. The van der Waals surface area contributed by atoms with Crippen LogP contribution >= 0.6 is 11.3 Å². The highest BCUT2D eigenvalue weighted by molar-refractivity contribution is 7.13. The largest absolute Gasteiger partial charge is 0.490 e. The van der Waals surface area contributed by atoms with Gasteiger partial charge in [0, 0.05) is 26.5 Å². The normalized spacial score (nSPS) is 15.2. The van der Waals surface area contributed by atoms with Crippen LogP contribution in [0.1, 0.15) is 37.1 Å². The summed E-state index contributed by atoms with van der Waals surface area (Å²) in [6, 6.07) is 5.02. The maximum Gasteiger partial charge on any atom is 0.191 e. The smallest absolute Gasteiger partial charge is 0.191 e. The molecule has 6 nitrogen and oxygen atoms in total. The molecule has 1 fully saturated rings. The van der Waals surface area contributed by atoms with E-state index in [4.69, 9.17) is 4.74 Å². The lowest BCUT2D eigenvalue weighted by Gasteiger charge is -2.18. The Morgan fingerprint density at radius 2 is 2.21 bits per heavy atom. The lowest BCUT2D eigenvalue weighted by Crippen LogP contribution is -2.38. The number of guanidine groups is 1. The van der Waals surface area contributed by atoms with Gasteiger partial charge in [-0.15, -0.1) is 11.3 Å². The summed E-state index contributed by atoms with van der Waals surface area (Å²) in [4.78, 5) is 10.8. The highest BCUT2D eigenvalue weighted by atomic mass is 32.1. The number of aromatic nitrogens is 1. The summed E-state index contributed by atoms with van der Waals surface area (Å²) in [5.74, 6) is 1.24. The lowest BCUT2D eigenvalue weighted by atomic mass is 10.1. The summed E-state index contributed by atoms with van der Waals surface area (Å²) >= 11 is 1.60. The Morgan fingerprint density at radius 3 is 2.82 bits per heavy atom. The van der Waals surface area contributed by atoms with E-state index in [9.17, 15) is 4.39 Å². The highest BCUT2D eigenvalue weighted by Gasteiger charge is 2.22. The van der Waals surface area contributed by atoms with Gasteiger partial charge in [0.25, 0.3) is 0 Å². The molecular weight excluding hydrogens is 377 g/mol. The predicted octanol–water partition coefficient (Wildman–Crippen LogP) is 3.56. The van der Waals surface area contributed by atoms with Crippen molar-refractivity contribution in [3.8, 4) is 5.75 Å². The van der Waals surface area contributed by atoms with Gasteiger partial charge in [0.1, 0.15) is 0 Å². The molecule has 1 saturated carbocycles. The molecule has 1 atom stereocenters. The maximum absolute atomic E-state index is 14.3. The lowest BCUT2D eigenvalue weighted by molar-refractivity contribution is 0.285. The summed E-state index contributed by atoms with van der Waals surface area (Å²) in [6.45, 7) is 3.14. The molecule has 8 heteroatoms. The first-order valence-electron chi connectivity index (χ1n) is 9.47. The number of nitrogens with one attached hydrogen (secondary N) is 2. The van der Waals surface area contributed by atoms with Gasteiger partial charge in [-0.25, -0.2) is 9.37 Å². The molecule has 0 aliphatic heterocycles. The number of anilines is 1. The van der Waals surface area contributed by atoms with Crippen molar-refractivity contribution in [1.82, 2.24) is 15.6 Å². The van der Waals surface area contributed by atoms with Gasteiger partial charge in [-0.3, -0.25) is 4.99 Å². The number of halogens is 1. The van der Waals surface area contributed by atoms with Crippen LogP contribution < -0.4 is 20.3 Å². The van der Waals surface area contributed by atoms with E-state index in [2.05, 4.69) is 20.6 Å². The molecule has 152 valence electrons. The summed E-state index contributed by atoms with van der Waals surface area (Å²) in [6.07, 6.45) is 2.37. The van der Waals surface area contributed by atoms with Gasteiger partial charge in [0.15, 0.2) is 22.7 Å². The quantitative estimate of drug-likeness (QED) is 0.519. The number of aliphatic imine (C=N–C) groups is 1. The van der Waals surface area contributed by atoms with E-state index in [-0.39, 0.29) is 11.9 Å². The molecule has 0 bridgehead atoms. The zero-order chi connectivity index (χ0) is 20.1. The molecule has 28 heavy (non-hydrogen) atoms. The van der Waals surface area contributed by atoms with Crippen LogP contribution in [0.4, 0.5) is 9.52 Å². The van der Waals surface area contributed by atoms with Crippen LogP contribution in [-0.2, 0) is 6.54 Å². The average Bonchev–Trinajstić information content (AvgIpc) is 3.38. The number of rotatable bonds is 8. The van der Waals surface area contributed by atoms with Crippen molar-refractivity contribution in [3.05, 3.63) is 40.7 Å². The minimum atomic E-state index is -0.326. The Balaban J connectivity index is 1.53. The highest BCUT2D eigenvalue weighted by Crippen LogP contribution is 2.30. The van der Waals surface area contributed by atoms with E-state index in [0.717, 1.165) is 16.4 Å². The molecule has 3 rings (SSSR count). The van der Waals surface area contributed by atoms with Gasteiger partial charge in [-0.2, -0.15) is 0 Å². The topological polar surface area (TPSA) is 61.8 Å². The van der Waals surface area contributed by atoms with Crippen molar-refractivity contribution >= 4 is 22.4 Å². The van der Waals surface area contributed by atoms with Gasteiger partial charge >= 0.3 is 0 Å². The number of nitrogens with zero attached hydrogens (tertiary/aromatic N) is 3. The molecule has 1 aromatic carbocycles. The zero-order valence-electron chi connectivity index (χ0n) is 16.8. The minimum absolute atomic E-state index is 0.106. The molecule has 0 radical (unpaired) electrons. The monoisotopic (exact) mass is 405 g/mol. The summed E-state index contributed by atoms with van der Waals surface area (Å²) < 4.78 is 19.9. The molecule has 0 amide bonds. The molecule has 0 saturated heterocycles. The van der Waals surface area contributed by atoms with Crippen LogP contribution in [0.2, 0.25) is 0 Å². The fourth-order valence-corrected chi connectivity index (χ4v) is 3.39. The van der Waals surface area contributed by atoms with Gasteiger partial charge in [-0.05, 0) is 43.4 Å². The molecule has 2 N–H and O–H groups in total. The Kier molecular flexibility index (Phi) is 6.72. The van der Waals surface area contributed by atoms with Crippen LogP contribution in [0.25, 0.3) is 0 Å². The molecule has 1 unspecified atom stereocenters. The number of hydrogen-bond acceptors (Lipinski definition) is 5. The molecule has 1 aliphatic carbocycles. The third-order valence-corrected chi connectivity index (χ3v) is 5.62. The standard InChI is InChI=1S/C20H28FN5OS/c1-13(15-7-8-18(17(21)9-15)27-11-14-5-6-14)24-19(22-2)23-10-16-12-28-20(25-16)26(3)4/h7-9,12-14H,5-6,10-11H2,1-4H3,(H2,22,23,24). The second-order valence-corrected chi connectivity index (χ2v) is 8.09. The number of hydrogen-bond donors (Lipinski definition) is 2. The Morgan fingerprint density at radius 1 is 1.43 bits per heavy atom. The van der Waals surface area contributed by atoms with Crippen molar-refractivity contribution in [3.63, 3.8) is 0 Å². The molecule has 2 aromatic rings. The number of benzene rings is 1. The van der Waals surface area contributed by atoms with Crippen molar-refractivity contribution in [2.24, 2.45) is 10.9 Å². The zero-order valence-corrected chi connectivity index (χ0v) is 17.6. The van der Waals surface area contributed by atoms with Crippen molar-refractivity contribution in [1.29, 1.82) is 0 Å². The van der Waals surface area contributed by atoms with Crippen molar-refractivity contribution in [2.45, 2.75) is 32.4 Å². The Labute approximate surface area is 169 Å². The first-order valence-corrected chi connectivity index (χ1v) is 10.4. The van der Waals surface area contributed by atoms with Gasteiger partial charge in [-0.1, -0.05) is 6.07 Å². The van der Waals surface area contributed by atoms with Crippen molar-refractivity contribution < 1.29 is 9.13 Å². The van der Waals surface area contributed by atoms with Crippen LogP contribution in [0.15, 0.2) is 28.6 Å². The number of ether oxygens (including phenoxy) is 1. The van der Waals surface area contributed by atoms with Gasteiger partial charge in [0.2, 0.25) is 0 Å². The molecule has 1 heterocycles. The Bertz CT molecular complexity index is 819. The van der Waals surface area contributed by atoms with Crippen LogP contribution in [0, 0.1) is 11.7 Å². The first-order chi connectivity index (χ1) is 13.5. The molecule has 1 aromatic heterocycles. The number of thiazole rings is 1. The summed E-state index contributed by atoms with van der Waals surface area (Å²) in [5, 5.41) is 9.52. The first kappa shape index (κ1) is 20.4. The second-order valence-electron chi connectivity index (χ2n) is 7.25. The summed E-state index contributed by atoms with van der Waals surface area (Å²) in [5.41, 5.74) is 1.79. The van der Waals surface area contributed by atoms with Crippen molar-refractivity contribution in [2.75, 3.05) is 32.6 Å². The van der Waals surface area contributed by atoms with E-state index < -0.39 is 0 Å². The van der Waals surface area contributed by atoms with E-state index in [1.807, 2.05) is 37.4 Å². The van der Waals surface area contributed by atoms with Gasteiger partial charge in [0.05, 0.1) is 24.9 Å². The SMILES string of the molecule is CN=C(NCc1csc(N(C)C)n1)NC(C)c1ccc(OCC2CC2)c(F)c1. The molecule has 1 aliphatic rings. The summed E-state index contributed by atoms with van der Waals surface area (Å²) in [7, 11) is 5.66. The van der Waals surface area contributed by atoms with Crippen LogP contribution in [0.3, 0.4) is 0 Å². The third-order valence-electron chi connectivity index (χ3n) is 4.56. The second kappa shape index (κ2) is 9.23. The fraction of sp³-hybridized carbons (Fsp3) is 0.500. The van der Waals surface area contributed by atoms with Crippen LogP contribution in [-0.4, -0.2) is 38.7 Å². The predicted molar refractivity (Wildman–Crippen MR) is 113 cm³/mol. The molecule has 0 spiro atoms. The van der Waals surface area contributed by atoms with E-state index in [1.165, 1.54) is 18.9 Å². The average molecular weight is 406 g/mol. The molecular formula is C20H28FN5OS. The van der Waals surface area contributed by atoms with E-state index in [1.54, 1.807) is 24.5 Å². The third kappa shape index (κ3) is 5.58. The van der Waals surface area contributed by atoms with Crippen LogP contribution in [0.5, 0.6) is 5.75 Å². The fourth-order valence-electron chi connectivity index (χ4n) is 2.64. The van der Waals surface area contributed by atoms with Gasteiger partial charge < -0.3 is 20.3 Å². The maximum atomic E-state index is 14.3.